The maximum absolute atomic E-state index is 10.2. The monoisotopic (exact) mass is 328 g/mol. The highest BCUT2D eigenvalue weighted by atomic mass is 16.5. The summed E-state index contributed by atoms with van der Waals surface area (Å²) in [7, 11) is 0. The number of hydrogen-bond donors (Lipinski definition) is 0. The molecule has 1 aliphatic rings. The van der Waals surface area contributed by atoms with Crippen molar-refractivity contribution in [2.24, 2.45) is 0 Å². The van der Waals surface area contributed by atoms with Gasteiger partial charge in [-0.1, -0.05) is 18.1 Å². The minimum Gasteiger partial charge on any atom is -0.468 e. The van der Waals surface area contributed by atoms with Crippen LogP contribution >= 0.6 is 0 Å². The van der Waals surface area contributed by atoms with E-state index in [1.807, 2.05) is 0 Å². The first-order chi connectivity index (χ1) is 11.5. The number of rotatable bonds is 10. The lowest BCUT2D eigenvalue weighted by Gasteiger charge is -2.22. The van der Waals surface area contributed by atoms with Crippen molar-refractivity contribution >= 4 is 17.9 Å². The van der Waals surface area contributed by atoms with Crippen LogP contribution in [0.1, 0.15) is 63.5 Å². The molecule has 0 saturated carbocycles. The summed E-state index contributed by atoms with van der Waals surface area (Å²) in [5.41, 5.74) is 5.62. The van der Waals surface area contributed by atoms with E-state index >= 15 is 0 Å². The van der Waals surface area contributed by atoms with Crippen LogP contribution < -0.4 is 0 Å². The topological polar surface area (TPSA) is 29.3 Å². The first kappa shape index (κ1) is 18.7. The van der Waals surface area contributed by atoms with Crippen molar-refractivity contribution in [2.75, 3.05) is 13.2 Å². The summed E-state index contributed by atoms with van der Waals surface area (Å²) < 4.78 is 7.24. The number of unbranched alkanes of at least 4 members (excludes halogenated alkanes) is 3. The van der Waals surface area contributed by atoms with E-state index in [0.717, 1.165) is 45.1 Å². The van der Waals surface area contributed by atoms with Gasteiger partial charge in [0, 0.05) is 25.0 Å². The summed E-state index contributed by atoms with van der Waals surface area (Å²) in [6.07, 6.45) is 5.96. The number of carbonyl (C=O) groups is 1. The van der Waals surface area contributed by atoms with Gasteiger partial charge in [-0.2, -0.15) is 4.58 Å². The molecule has 0 saturated heterocycles. The number of carbonyl (C=O) groups excluding carboxylic acids is 1. The molecule has 1 aliphatic heterocycles. The van der Waals surface area contributed by atoms with Crippen molar-refractivity contribution in [3.05, 3.63) is 36.2 Å². The Bertz CT molecular complexity index is 606. The second-order valence-electron chi connectivity index (χ2n) is 7.01. The molecule has 3 heteroatoms. The van der Waals surface area contributed by atoms with Crippen LogP contribution in [0.5, 0.6) is 0 Å². The maximum Gasteiger partial charge on any atom is 0.293 e. The zero-order valence-corrected chi connectivity index (χ0v) is 15.3. The molecule has 0 spiro atoms. The van der Waals surface area contributed by atoms with E-state index in [0.29, 0.717) is 13.1 Å². The Kier molecular flexibility index (Phi) is 6.59. The molecule has 0 amide bonds. The Balaban J connectivity index is 2.15. The van der Waals surface area contributed by atoms with Gasteiger partial charge in [0.25, 0.3) is 6.47 Å². The van der Waals surface area contributed by atoms with E-state index < -0.39 is 0 Å². The molecule has 130 valence electrons. The second-order valence-corrected chi connectivity index (χ2v) is 7.01. The molecular weight excluding hydrogens is 298 g/mol. The molecular formula is C21H30NO2+. The summed E-state index contributed by atoms with van der Waals surface area (Å²) in [5, 5.41) is 0. The lowest BCUT2D eigenvalue weighted by atomic mass is 9.75. The van der Waals surface area contributed by atoms with Crippen LogP contribution in [-0.2, 0) is 14.9 Å². The molecule has 3 nitrogen and oxygen atoms in total. The van der Waals surface area contributed by atoms with Gasteiger partial charge in [0.05, 0.1) is 12.0 Å². The zero-order valence-electron chi connectivity index (χ0n) is 15.3. The predicted molar refractivity (Wildman–Crippen MR) is 98.0 cm³/mol. The van der Waals surface area contributed by atoms with Gasteiger partial charge in [-0.05, 0) is 52.5 Å². The van der Waals surface area contributed by atoms with E-state index in [-0.39, 0.29) is 5.41 Å². The largest absolute Gasteiger partial charge is 0.468 e. The second kappa shape index (κ2) is 8.46. The fourth-order valence-electron chi connectivity index (χ4n) is 3.74. The molecule has 0 aromatic heterocycles. The number of benzene rings is 1. The third-order valence-electron chi connectivity index (χ3n) is 5.33. The third kappa shape index (κ3) is 3.88. The Hall–Kier alpha value is -1.64. The molecule has 2 radical (unpaired) electrons. The number of fused-ring (bicyclic) bond motifs is 1. The van der Waals surface area contributed by atoms with E-state index in [1.54, 1.807) is 0 Å². The van der Waals surface area contributed by atoms with Gasteiger partial charge in [0.1, 0.15) is 6.54 Å². The van der Waals surface area contributed by atoms with E-state index in [2.05, 4.69) is 43.5 Å². The molecule has 24 heavy (non-hydrogen) atoms. The molecule has 0 bridgehead atoms. The highest BCUT2D eigenvalue weighted by molar-refractivity contribution is 5.93. The number of hydrogen-bond acceptors (Lipinski definition) is 2. The van der Waals surface area contributed by atoms with Crippen molar-refractivity contribution in [3.63, 3.8) is 0 Å². The Labute approximate surface area is 146 Å². The summed E-state index contributed by atoms with van der Waals surface area (Å²) in [6, 6.07) is 6.80. The van der Waals surface area contributed by atoms with Gasteiger partial charge < -0.3 is 4.74 Å². The molecule has 0 fully saturated rings. The fourth-order valence-corrected chi connectivity index (χ4v) is 3.74. The van der Waals surface area contributed by atoms with E-state index in [1.165, 1.54) is 22.5 Å². The summed E-state index contributed by atoms with van der Waals surface area (Å²) in [5.74, 6) is 0. The molecule has 0 N–H and O–H groups in total. The molecule has 1 heterocycles. The standard InChI is InChI=1S/C21H30NO2/c1-5-6-12-21(4)18(3)22(13-8-7-9-14-24-16-23)20-11-10-17(2)15-19(20)21/h1,10-11,15-16H,5-9,12-14H2,2-4H3/q+1. The number of ether oxygens (including phenoxy) is 1. The van der Waals surface area contributed by atoms with E-state index in [9.17, 15) is 4.79 Å². The van der Waals surface area contributed by atoms with Crippen molar-refractivity contribution in [3.8, 4) is 0 Å². The zero-order chi connectivity index (χ0) is 17.6. The van der Waals surface area contributed by atoms with Gasteiger partial charge >= 0.3 is 0 Å². The van der Waals surface area contributed by atoms with Crippen LogP contribution in [0.4, 0.5) is 5.69 Å². The lowest BCUT2D eigenvalue weighted by molar-refractivity contribution is -0.439. The average Bonchev–Trinajstić information content (AvgIpc) is 2.78. The first-order valence-corrected chi connectivity index (χ1v) is 9.02. The van der Waals surface area contributed by atoms with Crippen molar-refractivity contribution < 1.29 is 14.1 Å². The maximum atomic E-state index is 10.2. The Morgan fingerprint density at radius 3 is 2.71 bits per heavy atom. The van der Waals surface area contributed by atoms with Crippen LogP contribution in [0.15, 0.2) is 18.2 Å². The van der Waals surface area contributed by atoms with Crippen molar-refractivity contribution in [1.29, 1.82) is 0 Å². The van der Waals surface area contributed by atoms with Gasteiger partial charge in [0.15, 0.2) is 5.71 Å². The fraction of sp³-hybridized carbons (Fsp3) is 0.571. The number of nitrogens with zero attached hydrogens (tertiary/aromatic N) is 1. The molecule has 0 aliphatic carbocycles. The molecule has 1 unspecified atom stereocenters. The van der Waals surface area contributed by atoms with Crippen molar-refractivity contribution in [2.45, 2.75) is 64.7 Å². The minimum atomic E-state index is 0.0847. The van der Waals surface area contributed by atoms with Gasteiger partial charge in [-0.15, -0.1) is 0 Å². The minimum absolute atomic E-state index is 0.0847. The normalized spacial score (nSPS) is 19.5. The molecule has 1 aromatic rings. The van der Waals surface area contributed by atoms with E-state index in [4.69, 9.17) is 11.7 Å². The van der Waals surface area contributed by atoms with Gasteiger partial charge in [0.2, 0.25) is 5.69 Å². The van der Waals surface area contributed by atoms with Crippen LogP contribution in [0.2, 0.25) is 0 Å². The Morgan fingerprint density at radius 1 is 1.21 bits per heavy atom. The molecule has 1 atom stereocenters. The molecule has 1 aromatic carbocycles. The van der Waals surface area contributed by atoms with Crippen LogP contribution in [0, 0.1) is 13.8 Å². The Morgan fingerprint density at radius 2 is 2.00 bits per heavy atom. The third-order valence-corrected chi connectivity index (χ3v) is 5.33. The van der Waals surface area contributed by atoms with Gasteiger partial charge in [-0.3, -0.25) is 4.79 Å². The quantitative estimate of drug-likeness (QED) is 0.357. The van der Waals surface area contributed by atoms with Crippen LogP contribution in [0.25, 0.3) is 0 Å². The highest BCUT2D eigenvalue weighted by Crippen LogP contribution is 2.43. The lowest BCUT2D eigenvalue weighted by Crippen LogP contribution is -2.30. The highest BCUT2D eigenvalue weighted by Gasteiger charge is 2.45. The molecule has 2 rings (SSSR count). The van der Waals surface area contributed by atoms with Gasteiger partial charge in [-0.25, -0.2) is 0 Å². The smallest absolute Gasteiger partial charge is 0.293 e. The summed E-state index contributed by atoms with van der Waals surface area (Å²) in [4.78, 5) is 10.2. The summed E-state index contributed by atoms with van der Waals surface area (Å²) >= 11 is 0. The SMILES string of the molecule is [CH]CCCC1(C)C(C)=[N+](CCCCCOC=O)c2ccc(C)cc21. The first-order valence-electron chi connectivity index (χ1n) is 9.02. The summed E-state index contributed by atoms with van der Waals surface area (Å²) in [6.45, 7) is 14.6. The number of aryl methyl sites for hydroxylation is 1. The predicted octanol–water partition coefficient (Wildman–Crippen LogP) is 4.60. The van der Waals surface area contributed by atoms with Crippen molar-refractivity contribution in [1.82, 2.24) is 0 Å². The van der Waals surface area contributed by atoms with Crippen LogP contribution in [0.3, 0.4) is 0 Å². The van der Waals surface area contributed by atoms with Crippen LogP contribution in [-0.4, -0.2) is 29.9 Å². The average molecular weight is 328 g/mol.